The highest BCUT2D eigenvalue weighted by atomic mass is 32.2. The number of nitrogens with zero attached hydrogens (tertiary/aromatic N) is 1. The first kappa shape index (κ1) is 20.5. The van der Waals surface area contributed by atoms with Crippen molar-refractivity contribution < 1.29 is 22.6 Å². The van der Waals surface area contributed by atoms with Gasteiger partial charge in [0.25, 0.3) is 5.56 Å². The van der Waals surface area contributed by atoms with E-state index < -0.39 is 45.8 Å². The molecule has 0 bridgehead atoms. The van der Waals surface area contributed by atoms with Crippen LogP contribution in [0, 0.1) is 0 Å². The number of methoxy groups -OCH3 is 1. The van der Waals surface area contributed by atoms with E-state index in [4.69, 9.17) is 14.2 Å². The first-order valence-electron chi connectivity index (χ1n) is 7.95. The molecule has 11 heteroatoms. The largest absolute Gasteiger partial charge is 0.374 e. The number of ether oxygens (including phenoxy) is 3. The van der Waals surface area contributed by atoms with Gasteiger partial charge >= 0.3 is 5.69 Å². The van der Waals surface area contributed by atoms with E-state index in [0.717, 1.165) is 5.41 Å². The van der Waals surface area contributed by atoms with Crippen molar-refractivity contribution in [2.75, 3.05) is 14.2 Å². The fourth-order valence-electron chi connectivity index (χ4n) is 2.64. The molecule has 146 valence electrons. The minimum absolute atomic E-state index is 0.191. The third-order valence-corrected chi connectivity index (χ3v) is 4.87. The highest BCUT2D eigenvalue weighted by Gasteiger charge is 2.46. The minimum Gasteiger partial charge on any atom is -0.374 e. The van der Waals surface area contributed by atoms with Gasteiger partial charge in [-0.3, -0.25) is 14.3 Å². The molecule has 4 atom stereocenters. The van der Waals surface area contributed by atoms with Gasteiger partial charge in [0.2, 0.25) is 10.0 Å². The SMILES string of the molecule is CNS(=O)(=O)/C=C/[C@H]1O[C@@H](n2ccc(=O)[nH]c2=O)[C@H](OC)[C@@H]1OC(C)C. The van der Waals surface area contributed by atoms with Gasteiger partial charge < -0.3 is 14.2 Å². The Morgan fingerprint density at radius 1 is 1.35 bits per heavy atom. The van der Waals surface area contributed by atoms with Gasteiger partial charge in [-0.2, -0.15) is 0 Å². The monoisotopic (exact) mass is 389 g/mol. The molecular weight excluding hydrogens is 366 g/mol. The number of aromatic amines is 1. The van der Waals surface area contributed by atoms with Gasteiger partial charge in [0.05, 0.1) is 6.10 Å². The molecule has 1 aliphatic heterocycles. The molecule has 0 unspecified atom stereocenters. The molecule has 0 spiro atoms. The van der Waals surface area contributed by atoms with E-state index in [9.17, 15) is 18.0 Å². The van der Waals surface area contributed by atoms with E-state index in [1.54, 1.807) is 0 Å². The van der Waals surface area contributed by atoms with Crippen molar-refractivity contribution in [1.29, 1.82) is 0 Å². The number of sulfonamides is 1. The Labute approximate surface area is 150 Å². The van der Waals surface area contributed by atoms with E-state index in [2.05, 4.69) is 9.71 Å². The maximum Gasteiger partial charge on any atom is 0.330 e. The van der Waals surface area contributed by atoms with Crippen LogP contribution in [0.25, 0.3) is 0 Å². The Bertz CT molecular complexity index is 858. The van der Waals surface area contributed by atoms with Gasteiger partial charge in [-0.1, -0.05) is 0 Å². The second-order valence-corrected chi connectivity index (χ2v) is 7.71. The lowest BCUT2D eigenvalue weighted by Gasteiger charge is -2.24. The summed E-state index contributed by atoms with van der Waals surface area (Å²) in [6.07, 6.45) is -0.610. The van der Waals surface area contributed by atoms with Crippen LogP contribution in [0.5, 0.6) is 0 Å². The lowest BCUT2D eigenvalue weighted by molar-refractivity contribution is -0.0768. The Kier molecular flexibility index (Phi) is 6.53. The zero-order chi connectivity index (χ0) is 19.5. The summed E-state index contributed by atoms with van der Waals surface area (Å²) in [5, 5.41) is 0.971. The van der Waals surface area contributed by atoms with E-state index in [1.165, 1.54) is 37.1 Å². The molecule has 0 saturated carbocycles. The summed E-state index contributed by atoms with van der Waals surface area (Å²) in [6, 6.07) is 1.18. The van der Waals surface area contributed by atoms with Crippen LogP contribution in [0.4, 0.5) is 0 Å². The minimum atomic E-state index is -3.60. The van der Waals surface area contributed by atoms with Crippen LogP contribution in [0.15, 0.2) is 33.3 Å². The highest BCUT2D eigenvalue weighted by molar-refractivity contribution is 7.92. The Balaban J connectivity index is 2.42. The highest BCUT2D eigenvalue weighted by Crippen LogP contribution is 2.33. The number of aromatic nitrogens is 2. The fraction of sp³-hybridized carbons (Fsp3) is 0.600. The normalized spacial score (nSPS) is 26.8. The Hall–Kier alpha value is -1.79. The summed E-state index contributed by atoms with van der Waals surface area (Å²) in [4.78, 5) is 25.5. The van der Waals surface area contributed by atoms with Gasteiger partial charge in [0, 0.05) is 24.8 Å². The standard InChI is InChI=1S/C15H23N3O7S/c1-9(2)24-12-10(6-8-26(21,22)16-3)25-14(13(12)23-4)18-7-5-11(19)17-15(18)20/h5-10,12-14,16H,1-4H3,(H,17,19,20)/b8-6+/t10-,12-,13-,14-/m1/s1. The number of hydrogen-bond donors (Lipinski definition) is 2. The number of nitrogens with one attached hydrogen (secondary N) is 2. The molecule has 1 aromatic rings. The quantitative estimate of drug-likeness (QED) is 0.631. The molecule has 0 aliphatic carbocycles. The van der Waals surface area contributed by atoms with Gasteiger partial charge in [0.1, 0.15) is 18.3 Å². The lowest BCUT2D eigenvalue weighted by atomic mass is 10.1. The molecule has 1 fully saturated rings. The van der Waals surface area contributed by atoms with Crippen molar-refractivity contribution in [3.63, 3.8) is 0 Å². The Morgan fingerprint density at radius 2 is 2.04 bits per heavy atom. The molecule has 0 radical (unpaired) electrons. The first-order chi connectivity index (χ1) is 12.2. The van der Waals surface area contributed by atoms with Crippen LogP contribution in [0.1, 0.15) is 20.1 Å². The molecule has 2 rings (SSSR count). The van der Waals surface area contributed by atoms with E-state index >= 15 is 0 Å². The van der Waals surface area contributed by atoms with Crippen LogP contribution in [-0.4, -0.2) is 56.5 Å². The summed E-state index contributed by atoms with van der Waals surface area (Å²) in [5.74, 6) is 0. The molecule has 26 heavy (non-hydrogen) atoms. The summed E-state index contributed by atoms with van der Waals surface area (Å²) < 4.78 is 43.8. The molecule has 1 saturated heterocycles. The summed E-state index contributed by atoms with van der Waals surface area (Å²) in [6.45, 7) is 3.63. The van der Waals surface area contributed by atoms with E-state index in [1.807, 2.05) is 13.8 Å². The van der Waals surface area contributed by atoms with Crippen LogP contribution in [0.2, 0.25) is 0 Å². The molecule has 2 N–H and O–H groups in total. The van der Waals surface area contributed by atoms with Crippen LogP contribution < -0.4 is 16.0 Å². The van der Waals surface area contributed by atoms with Gasteiger partial charge in [0.15, 0.2) is 6.23 Å². The Morgan fingerprint density at radius 3 is 2.58 bits per heavy atom. The average molecular weight is 389 g/mol. The predicted molar refractivity (Wildman–Crippen MR) is 93.2 cm³/mol. The summed E-state index contributed by atoms with van der Waals surface area (Å²) in [5.41, 5.74) is -1.20. The van der Waals surface area contributed by atoms with Crippen LogP contribution in [0.3, 0.4) is 0 Å². The van der Waals surface area contributed by atoms with Crippen molar-refractivity contribution in [3.05, 3.63) is 44.6 Å². The summed E-state index contributed by atoms with van der Waals surface area (Å²) in [7, 11) is -0.877. The van der Waals surface area contributed by atoms with Crippen molar-refractivity contribution in [2.24, 2.45) is 0 Å². The van der Waals surface area contributed by atoms with Crippen molar-refractivity contribution in [3.8, 4) is 0 Å². The van der Waals surface area contributed by atoms with E-state index in [-0.39, 0.29) is 6.10 Å². The van der Waals surface area contributed by atoms with E-state index in [0.29, 0.717) is 0 Å². The lowest BCUT2D eigenvalue weighted by Crippen LogP contribution is -2.40. The van der Waals surface area contributed by atoms with Gasteiger partial charge in [-0.15, -0.1) is 0 Å². The van der Waals surface area contributed by atoms with Crippen LogP contribution >= 0.6 is 0 Å². The van der Waals surface area contributed by atoms with Crippen molar-refractivity contribution in [1.82, 2.24) is 14.3 Å². The molecule has 2 heterocycles. The van der Waals surface area contributed by atoms with Gasteiger partial charge in [-0.25, -0.2) is 17.9 Å². The van der Waals surface area contributed by atoms with Crippen molar-refractivity contribution in [2.45, 2.75) is 44.5 Å². The summed E-state index contributed by atoms with van der Waals surface area (Å²) >= 11 is 0. The van der Waals surface area contributed by atoms with Gasteiger partial charge in [-0.05, 0) is 27.0 Å². The fourth-order valence-corrected chi connectivity index (χ4v) is 3.14. The molecule has 10 nitrogen and oxygen atoms in total. The number of rotatable bonds is 7. The second-order valence-electron chi connectivity index (χ2n) is 5.94. The molecule has 1 aromatic heterocycles. The smallest absolute Gasteiger partial charge is 0.330 e. The first-order valence-corrected chi connectivity index (χ1v) is 9.50. The molecule has 1 aliphatic rings. The zero-order valence-electron chi connectivity index (χ0n) is 14.9. The molecule has 0 amide bonds. The maximum absolute atomic E-state index is 12.1. The van der Waals surface area contributed by atoms with Crippen LogP contribution in [-0.2, 0) is 24.2 Å². The molecular formula is C15H23N3O7S. The third kappa shape index (κ3) is 4.68. The predicted octanol–water partition coefficient (Wildman–Crippen LogP) is -0.694. The third-order valence-electron chi connectivity index (χ3n) is 3.78. The number of hydrogen-bond acceptors (Lipinski definition) is 7. The van der Waals surface area contributed by atoms with Crippen molar-refractivity contribution >= 4 is 10.0 Å². The zero-order valence-corrected chi connectivity index (χ0v) is 15.7. The second kappa shape index (κ2) is 8.27. The topological polar surface area (TPSA) is 129 Å². The maximum atomic E-state index is 12.1. The number of H-pyrrole nitrogens is 1. The molecule has 0 aromatic carbocycles. The average Bonchev–Trinajstić information content (AvgIpc) is 2.89.